The number of amides is 3. The second kappa shape index (κ2) is 8.26. The van der Waals surface area contributed by atoms with Crippen LogP contribution in [0.25, 0.3) is 0 Å². The van der Waals surface area contributed by atoms with Crippen LogP contribution in [0.5, 0.6) is 11.5 Å². The van der Waals surface area contributed by atoms with Crippen molar-refractivity contribution in [1.82, 2.24) is 10.6 Å². The van der Waals surface area contributed by atoms with Gasteiger partial charge in [0.2, 0.25) is 12.7 Å². The Kier molecular flexibility index (Phi) is 5.97. The molecule has 9 nitrogen and oxygen atoms in total. The first-order valence-corrected chi connectivity index (χ1v) is 11.0. The topological polar surface area (TPSA) is 123 Å². The van der Waals surface area contributed by atoms with Gasteiger partial charge in [0.15, 0.2) is 21.3 Å². The number of hydrogen-bond acceptors (Lipinski definition) is 6. The fourth-order valence-corrected chi connectivity index (χ4v) is 4.87. The lowest BCUT2D eigenvalue weighted by atomic mass is 10.0. The molecule has 2 aliphatic heterocycles. The maximum absolute atomic E-state index is 12.7. The van der Waals surface area contributed by atoms with E-state index in [4.69, 9.17) is 9.47 Å². The highest BCUT2D eigenvalue weighted by molar-refractivity contribution is 7.91. The van der Waals surface area contributed by atoms with Gasteiger partial charge in [0, 0.05) is 17.8 Å². The van der Waals surface area contributed by atoms with Crippen LogP contribution in [0.2, 0.25) is 0 Å². The summed E-state index contributed by atoms with van der Waals surface area (Å²) < 4.78 is 33.6. The second-order valence-corrected chi connectivity index (χ2v) is 9.69. The quantitative estimate of drug-likeness (QED) is 0.648. The van der Waals surface area contributed by atoms with Crippen LogP contribution >= 0.6 is 0 Å². The Morgan fingerprint density at radius 2 is 1.96 bits per heavy atom. The summed E-state index contributed by atoms with van der Waals surface area (Å²) in [7, 11) is -3.09. The van der Waals surface area contributed by atoms with Crippen LogP contribution in [-0.4, -0.2) is 50.7 Å². The molecule has 0 saturated carbocycles. The van der Waals surface area contributed by atoms with Gasteiger partial charge in [-0.1, -0.05) is 13.8 Å². The SMILES string of the molecule is CC(C)C[C@H](NC(=O)N[C@@H]1CCS(=O)(=O)C1)C(=O)Nc1ccc2c(c1)OCO2. The van der Waals surface area contributed by atoms with Gasteiger partial charge in [-0.25, -0.2) is 13.2 Å². The van der Waals surface area contributed by atoms with E-state index in [0.717, 1.165) is 0 Å². The van der Waals surface area contributed by atoms with Crippen molar-refractivity contribution in [1.29, 1.82) is 0 Å². The minimum absolute atomic E-state index is 0.0674. The van der Waals surface area contributed by atoms with Gasteiger partial charge in [0.05, 0.1) is 11.5 Å². The summed E-state index contributed by atoms with van der Waals surface area (Å²) in [6.07, 6.45) is 0.820. The van der Waals surface area contributed by atoms with Crippen molar-refractivity contribution in [2.45, 2.75) is 38.8 Å². The molecule has 0 radical (unpaired) electrons. The average Bonchev–Trinajstić information content (AvgIpc) is 3.19. The number of benzene rings is 1. The van der Waals surface area contributed by atoms with E-state index in [1.807, 2.05) is 13.8 Å². The first kappa shape index (κ1) is 20.2. The highest BCUT2D eigenvalue weighted by atomic mass is 32.2. The molecule has 0 bridgehead atoms. The number of fused-ring (bicyclic) bond motifs is 1. The lowest BCUT2D eigenvalue weighted by Crippen LogP contribution is -2.51. The van der Waals surface area contributed by atoms with Gasteiger partial charge in [-0.15, -0.1) is 0 Å². The molecule has 10 heteroatoms. The molecular weight excluding hydrogens is 386 g/mol. The van der Waals surface area contributed by atoms with Gasteiger partial charge in [0.25, 0.3) is 0 Å². The number of sulfone groups is 1. The molecule has 3 amide bonds. The summed E-state index contributed by atoms with van der Waals surface area (Å²) in [5, 5.41) is 8.08. The van der Waals surface area contributed by atoms with Crippen molar-refractivity contribution in [3.8, 4) is 11.5 Å². The number of anilines is 1. The monoisotopic (exact) mass is 411 g/mol. The maximum Gasteiger partial charge on any atom is 0.315 e. The van der Waals surface area contributed by atoms with E-state index >= 15 is 0 Å². The summed E-state index contributed by atoms with van der Waals surface area (Å²) in [5.74, 6) is 0.963. The Bertz CT molecular complexity index is 855. The van der Waals surface area contributed by atoms with E-state index in [0.29, 0.717) is 30.0 Å². The lowest BCUT2D eigenvalue weighted by molar-refractivity contribution is -0.118. The summed E-state index contributed by atoms with van der Waals surface area (Å²) in [4.78, 5) is 25.0. The Morgan fingerprint density at radius 1 is 1.21 bits per heavy atom. The molecule has 28 heavy (non-hydrogen) atoms. The van der Waals surface area contributed by atoms with E-state index in [2.05, 4.69) is 16.0 Å². The van der Waals surface area contributed by atoms with Crippen LogP contribution in [-0.2, 0) is 14.6 Å². The number of urea groups is 1. The largest absolute Gasteiger partial charge is 0.454 e. The van der Waals surface area contributed by atoms with Crippen molar-refractivity contribution in [3.63, 3.8) is 0 Å². The fourth-order valence-electron chi connectivity index (χ4n) is 3.20. The minimum atomic E-state index is -3.09. The Balaban J connectivity index is 1.60. The first-order chi connectivity index (χ1) is 13.2. The molecule has 2 atom stereocenters. The maximum atomic E-state index is 12.7. The smallest absolute Gasteiger partial charge is 0.315 e. The molecule has 1 fully saturated rings. The highest BCUT2D eigenvalue weighted by Crippen LogP contribution is 2.34. The number of rotatable bonds is 6. The second-order valence-electron chi connectivity index (χ2n) is 7.46. The normalized spacial score (nSPS) is 20.6. The molecule has 154 valence electrons. The van der Waals surface area contributed by atoms with E-state index in [-0.39, 0.29) is 30.1 Å². The molecule has 2 heterocycles. The summed E-state index contributed by atoms with van der Waals surface area (Å²) >= 11 is 0. The number of nitrogens with one attached hydrogen (secondary N) is 3. The van der Waals surface area contributed by atoms with Crippen LogP contribution in [0, 0.1) is 5.92 Å². The Hall–Kier alpha value is -2.49. The van der Waals surface area contributed by atoms with Crippen molar-refractivity contribution >= 4 is 27.5 Å². The van der Waals surface area contributed by atoms with Crippen LogP contribution in [0.4, 0.5) is 10.5 Å². The highest BCUT2D eigenvalue weighted by Gasteiger charge is 2.30. The summed E-state index contributed by atoms with van der Waals surface area (Å²) in [6.45, 7) is 4.04. The number of carbonyl (C=O) groups excluding carboxylic acids is 2. The Morgan fingerprint density at radius 3 is 2.64 bits per heavy atom. The zero-order chi connectivity index (χ0) is 20.3. The van der Waals surface area contributed by atoms with E-state index < -0.39 is 28.0 Å². The van der Waals surface area contributed by atoms with E-state index in [1.54, 1.807) is 18.2 Å². The molecule has 1 saturated heterocycles. The Labute approximate surface area is 164 Å². The summed E-state index contributed by atoms with van der Waals surface area (Å²) in [5.41, 5.74) is 0.534. The van der Waals surface area contributed by atoms with Crippen molar-refractivity contribution in [3.05, 3.63) is 18.2 Å². The van der Waals surface area contributed by atoms with Crippen LogP contribution in [0.15, 0.2) is 18.2 Å². The zero-order valence-corrected chi connectivity index (χ0v) is 16.7. The van der Waals surface area contributed by atoms with Crippen LogP contribution < -0.4 is 25.4 Å². The molecule has 1 aromatic rings. The molecule has 0 aromatic heterocycles. The first-order valence-electron chi connectivity index (χ1n) is 9.20. The van der Waals surface area contributed by atoms with Gasteiger partial charge < -0.3 is 25.4 Å². The summed E-state index contributed by atoms with van der Waals surface area (Å²) in [6, 6.07) is 3.33. The number of ether oxygens (including phenoxy) is 2. The van der Waals surface area contributed by atoms with E-state index in [9.17, 15) is 18.0 Å². The molecular formula is C18H25N3O6S. The van der Waals surface area contributed by atoms with E-state index in [1.165, 1.54) is 0 Å². The van der Waals surface area contributed by atoms with Crippen molar-refractivity contribution in [2.75, 3.05) is 23.6 Å². The molecule has 0 unspecified atom stereocenters. The van der Waals surface area contributed by atoms with Gasteiger partial charge in [-0.2, -0.15) is 0 Å². The third kappa shape index (κ3) is 5.28. The predicted octanol–water partition coefficient (Wildman–Crippen LogP) is 1.25. The van der Waals surface area contributed by atoms with Gasteiger partial charge in [-0.05, 0) is 30.9 Å². The molecule has 3 rings (SSSR count). The lowest BCUT2D eigenvalue weighted by Gasteiger charge is -2.21. The van der Waals surface area contributed by atoms with Gasteiger partial charge in [0.1, 0.15) is 6.04 Å². The minimum Gasteiger partial charge on any atom is -0.454 e. The molecule has 3 N–H and O–H groups in total. The molecule has 0 spiro atoms. The average molecular weight is 411 g/mol. The number of carbonyl (C=O) groups is 2. The zero-order valence-electron chi connectivity index (χ0n) is 15.9. The van der Waals surface area contributed by atoms with Crippen molar-refractivity contribution < 1.29 is 27.5 Å². The fraction of sp³-hybridized carbons (Fsp3) is 0.556. The predicted molar refractivity (Wildman–Crippen MR) is 103 cm³/mol. The molecule has 1 aromatic carbocycles. The third-order valence-corrected chi connectivity index (χ3v) is 6.30. The van der Waals surface area contributed by atoms with Crippen molar-refractivity contribution in [2.24, 2.45) is 5.92 Å². The van der Waals surface area contributed by atoms with Gasteiger partial charge in [-0.3, -0.25) is 4.79 Å². The van der Waals surface area contributed by atoms with Gasteiger partial charge >= 0.3 is 6.03 Å². The standard InChI is InChI=1S/C18H25N3O6S/c1-11(2)7-14(21-18(23)20-13-5-6-28(24,25)9-13)17(22)19-12-3-4-15-16(8-12)27-10-26-15/h3-4,8,11,13-14H,5-7,9-10H2,1-2H3,(H,19,22)(H2,20,21,23)/t13-,14+/m1/s1. The number of hydrogen-bond donors (Lipinski definition) is 3. The van der Waals surface area contributed by atoms with Crippen LogP contribution in [0.1, 0.15) is 26.7 Å². The molecule has 2 aliphatic rings. The third-order valence-electron chi connectivity index (χ3n) is 4.54. The van der Waals surface area contributed by atoms with Crippen LogP contribution in [0.3, 0.4) is 0 Å². The molecule has 0 aliphatic carbocycles.